The second kappa shape index (κ2) is 8.64. The number of benzene rings is 2. The summed E-state index contributed by atoms with van der Waals surface area (Å²) in [7, 11) is -3.60. The molecule has 0 saturated heterocycles. The normalized spacial score (nSPS) is 11.0. The molecule has 0 saturated carbocycles. The summed E-state index contributed by atoms with van der Waals surface area (Å²) in [6.45, 7) is 1.63. The Bertz CT molecular complexity index is 688. The van der Waals surface area contributed by atoms with Gasteiger partial charge < -0.3 is 5.32 Å². The van der Waals surface area contributed by atoms with Crippen molar-refractivity contribution in [1.82, 2.24) is 5.32 Å². The SMILES string of the molecule is Cl.NS(=O)(=O)c1ccc(CCNCc2ccc(Br)cc2)cc1. The molecule has 0 atom stereocenters. The van der Waals surface area contributed by atoms with Gasteiger partial charge in [0.05, 0.1) is 4.90 Å². The molecule has 22 heavy (non-hydrogen) atoms. The van der Waals surface area contributed by atoms with Gasteiger partial charge in [0.2, 0.25) is 10.0 Å². The summed E-state index contributed by atoms with van der Waals surface area (Å²) in [5.41, 5.74) is 2.30. The van der Waals surface area contributed by atoms with Crippen LogP contribution in [0.2, 0.25) is 0 Å². The maximum atomic E-state index is 11.1. The molecule has 0 radical (unpaired) electrons. The van der Waals surface area contributed by atoms with Crippen molar-refractivity contribution in [2.75, 3.05) is 6.54 Å². The lowest BCUT2D eigenvalue weighted by Crippen LogP contribution is -2.16. The van der Waals surface area contributed by atoms with E-state index in [0.717, 1.165) is 29.5 Å². The third-order valence-electron chi connectivity index (χ3n) is 3.08. The van der Waals surface area contributed by atoms with Gasteiger partial charge in [-0.1, -0.05) is 40.2 Å². The van der Waals surface area contributed by atoms with E-state index in [1.165, 1.54) is 5.56 Å². The first-order valence-corrected chi connectivity index (χ1v) is 8.86. The molecule has 7 heteroatoms. The van der Waals surface area contributed by atoms with Crippen LogP contribution in [0.15, 0.2) is 57.9 Å². The van der Waals surface area contributed by atoms with Crippen molar-refractivity contribution < 1.29 is 8.42 Å². The van der Waals surface area contributed by atoms with Gasteiger partial charge >= 0.3 is 0 Å². The smallest absolute Gasteiger partial charge is 0.238 e. The summed E-state index contributed by atoms with van der Waals surface area (Å²) in [5.74, 6) is 0. The molecule has 120 valence electrons. The summed E-state index contributed by atoms with van der Waals surface area (Å²) >= 11 is 3.41. The van der Waals surface area contributed by atoms with Crippen LogP contribution < -0.4 is 10.5 Å². The molecule has 0 aliphatic heterocycles. The van der Waals surface area contributed by atoms with Crippen LogP contribution in [0.5, 0.6) is 0 Å². The second-order valence-electron chi connectivity index (χ2n) is 4.74. The molecule has 0 spiro atoms. The van der Waals surface area contributed by atoms with Crippen LogP contribution in [0.4, 0.5) is 0 Å². The molecule has 2 rings (SSSR count). The predicted octanol–water partition coefficient (Wildman–Crippen LogP) is 2.85. The second-order valence-corrected chi connectivity index (χ2v) is 7.22. The maximum absolute atomic E-state index is 11.1. The Kier molecular flexibility index (Phi) is 7.52. The van der Waals surface area contributed by atoms with E-state index in [4.69, 9.17) is 5.14 Å². The summed E-state index contributed by atoms with van der Waals surface area (Å²) in [4.78, 5) is 0.147. The molecule has 0 unspecified atom stereocenters. The Morgan fingerprint density at radius 2 is 1.50 bits per heavy atom. The summed E-state index contributed by atoms with van der Waals surface area (Å²) in [5, 5.41) is 8.42. The van der Waals surface area contributed by atoms with Crippen molar-refractivity contribution in [1.29, 1.82) is 0 Å². The molecule has 0 fully saturated rings. The van der Waals surface area contributed by atoms with Crippen LogP contribution in [-0.4, -0.2) is 15.0 Å². The number of rotatable bonds is 6. The zero-order valence-corrected chi connectivity index (χ0v) is 15.0. The highest BCUT2D eigenvalue weighted by Crippen LogP contribution is 2.11. The van der Waals surface area contributed by atoms with Crippen molar-refractivity contribution in [3.05, 3.63) is 64.1 Å². The molecule has 0 aliphatic rings. The van der Waals surface area contributed by atoms with Gasteiger partial charge in [-0.05, 0) is 48.4 Å². The van der Waals surface area contributed by atoms with Gasteiger partial charge in [-0.25, -0.2) is 13.6 Å². The zero-order valence-electron chi connectivity index (χ0n) is 11.8. The fourth-order valence-corrected chi connectivity index (χ4v) is 2.69. The minimum absolute atomic E-state index is 0. The molecule has 0 amide bonds. The van der Waals surface area contributed by atoms with Crippen LogP contribution >= 0.6 is 28.3 Å². The lowest BCUT2D eigenvalue weighted by atomic mass is 10.1. The minimum atomic E-state index is -3.60. The molecule has 0 bridgehead atoms. The largest absolute Gasteiger partial charge is 0.312 e. The van der Waals surface area contributed by atoms with Gasteiger partial charge in [0, 0.05) is 11.0 Å². The van der Waals surface area contributed by atoms with E-state index in [-0.39, 0.29) is 17.3 Å². The lowest BCUT2D eigenvalue weighted by Gasteiger charge is -2.06. The topological polar surface area (TPSA) is 72.2 Å². The molecular weight excluding hydrogens is 388 g/mol. The van der Waals surface area contributed by atoms with Crippen LogP contribution in [-0.2, 0) is 23.0 Å². The van der Waals surface area contributed by atoms with Crippen LogP contribution in [0.1, 0.15) is 11.1 Å². The number of hydrogen-bond acceptors (Lipinski definition) is 3. The summed E-state index contributed by atoms with van der Waals surface area (Å²) in [6, 6.07) is 14.8. The van der Waals surface area contributed by atoms with Gasteiger partial charge in [-0.3, -0.25) is 0 Å². The average molecular weight is 406 g/mol. The first-order chi connectivity index (χ1) is 9.95. The quantitative estimate of drug-likeness (QED) is 0.726. The highest BCUT2D eigenvalue weighted by Gasteiger charge is 2.06. The first-order valence-electron chi connectivity index (χ1n) is 6.52. The zero-order chi connectivity index (χ0) is 15.3. The van der Waals surface area contributed by atoms with Crippen molar-refractivity contribution in [2.24, 2.45) is 5.14 Å². The summed E-state index contributed by atoms with van der Waals surface area (Å²) in [6.07, 6.45) is 0.835. The van der Waals surface area contributed by atoms with Crippen LogP contribution in [0.25, 0.3) is 0 Å². The molecule has 0 aliphatic carbocycles. The third-order valence-corrected chi connectivity index (χ3v) is 4.54. The fourth-order valence-electron chi connectivity index (χ4n) is 1.91. The van der Waals surface area contributed by atoms with Crippen LogP contribution in [0.3, 0.4) is 0 Å². The Balaban J connectivity index is 0.00000242. The Morgan fingerprint density at radius 3 is 2.05 bits per heavy atom. The molecular formula is C15H18BrClN2O2S. The Hall–Kier alpha value is -0.920. The number of nitrogens with one attached hydrogen (secondary N) is 1. The van der Waals surface area contributed by atoms with Crippen molar-refractivity contribution in [3.8, 4) is 0 Å². The van der Waals surface area contributed by atoms with Crippen molar-refractivity contribution in [2.45, 2.75) is 17.9 Å². The first kappa shape index (κ1) is 19.1. The van der Waals surface area contributed by atoms with Gasteiger partial charge in [-0.15, -0.1) is 12.4 Å². The van der Waals surface area contributed by atoms with Gasteiger partial charge in [-0.2, -0.15) is 0 Å². The number of nitrogens with two attached hydrogens (primary N) is 1. The van der Waals surface area contributed by atoms with E-state index >= 15 is 0 Å². The fraction of sp³-hybridized carbons (Fsp3) is 0.200. The summed E-state index contributed by atoms with van der Waals surface area (Å²) < 4.78 is 23.4. The van der Waals surface area contributed by atoms with Crippen molar-refractivity contribution in [3.63, 3.8) is 0 Å². The van der Waals surface area contributed by atoms with Gasteiger partial charge in [0.25, 0.3) is 0 Å². The molecule has 2 aromatic rings. The molecule has 0 heterocycles. The molecule has 0 aromatic heterocycles. The third kappa shape index (κ3) is 6.06. The lowest BCUT2D eigenvalue weighted by molar-refractivity contribution is 0.597. The predicted molar refractivity (Wildman–Crippen MR) is 94.6 cm³/mol. The minimum Gasteiger partial charge on any atom is -0.312 e. The van der Waals surface area contributed by atoms with E-state index in [2.05, 4.69) is 33.4 Å². The van der Waals surface area contributed by atoms with E-state index in [9.17, 15) is 8.42 Å². The van der Waals surface area contributed by atoms with E-state index in [1.54, 1.807) is 24.3 Å². The van der Waals surface area contributed by atoms with Gasteiger partial charge in [0.1, 0.15) is 0 Å². The van der Waals surface area contributed by atoms with Crippen LogP contribution in [0, 0.1) is 0 Å². The highest BCUT2D eigenvalue weighted by atomic mass is 79.9. The van der Waals surface area contributed by atoms with Gasteiger partial charge in [0.15, 0.2) is 0 Å². The number of hydrogen-bond donors (Lipinski definition) is 2. The van der Waals surface area contributed by atoms with E-state index in [1.807, 2.05) is 12.1 Å². The Morgan fingerprint density at radius 1 is 0.955 bits per heavy atom. The van der Waals surface area contributed by atoms with E-state index < -0.39 is 10.0 Å². The monoisotopic (exact) mass is 404 g/mol. The standard InChI is InChI=1S/C15H17BrN2O2S.ClH/c16-14-5-1-13(2-6-14)11-18-10-9-12-3-7-15(8-4-12)21(17,19)20;/h1-8,18H,9-11H2,(H2,17,19,20);1H. The van der Waals surface area contributed by atoms with Crippen molar-refractivity contribution >= 4 is 38.4 Å². The van der Waals surface area contributed by atoms with E-state index in [0.29, 0.717) is 0 Å². The maximum Gasteiger partial charge on any atom is 0.238 e. The number of halogens is 2. The highest BCUT2D eigenvalue weighted by molar-refractivity contribution is 9.10. The molecule has 4 nitrogen and oxygen atoms in total. The number of primary sulfonamides is 1. The number of sulfonamides is 1. The average Bonchev–Trinajstić information content (AvgIpc) is 2.45. The Labute approximate surface area is 145 Å². The molecule has 3 N–H and O–H groups in total. The molecule has 2 aromatic carbocycles.